The number of carbonyl (C=O) groups is 1. The fourth-order valence-corrected chi connectivity index (χ4v) is 2.74. The molecule has 0 fully saturated rings. The summed E-state index contributed by atoms with van der Waals surface area (Å²) in [5.74, 6) is 0.682. The van der Waals surface area contributed by atoms with Crippen LogP contribution in [0.3, 0.4) is 0 Å². The van der Waals surface area contributed by atoms with Crippen molar-refractivity contribution in [3.05, 3.63) is 82.6 Å². The summed E-state index contributed by atoms with van der Waals surface area (Å²) >= 11 is 5.94. The minimum atomic E-state index is -0.0338. The number of nitrogens with zero attached hydrogens (tertiary/aromatic N) is 3. The van der Waals surface area contributed by atoms with E-state index >= 15 is 0 Å². The fraction of sp³-hybridized carbons (Fsp3) is 0.200. The normalized spacial score (nSPS) is 10.6. The minimum Gasteiger partial charge on any atom is -0.489 e. The van der Waals surface area contributed by atoms with Gasteiger partial charge in [-0.1, -0.05) is 29.8 Å². The van der Waals surface area contributed by atoms with Crippen molar-refractivity contribution in [2.45, 2.75) is 13.2 Å². The van der Waals surface area contributed by atoms with Gasteiger partial charge in [-0.05, 0) is 42.0 Å². The van der Waals surface area contributed by atoms with Gasteiger partial charge >= 0.3 is 0 Å². The Morgan fingerprint density at radius 3 is 2.62 bits per heavy atom. The van der Waals surface area contributed by atoms with E-state index in [1.54, 1.807) is 35.0 Å². The number of halogens is 1. The van der Waals surface area contributed by atoms with Crippen LogP contribution in [-0.4, -0.2) is 27.6 Å². The molecule has 5 nitrogen and oxygen atoms in total. The number of aromatic nitrogens is 2. The largest absolute Gasteiger partial charge is 0.489 e. The maximum atomic E-state index is 12.6. The molecule has 0 bridgehead atoms. The fourth-order valence-electron chi connectivity index (χ4n) is 2.56. The Labute approximate surface area is 157 Å². The SMILES string of the molecule is CN(Cc1ccnn1C)C(=O)c1ccc(COc2cccc(Cl)c2)cc1. The lowest BCUT2D eigenvalue weighted by atomic mass is 10.1. The van der Waals surface area contributed by atoms with Gasteiger partial charge in [-0.25, -0.2) is 0 Å². The standard InChI is InChI=1S/C20H20ClN3O2/c1-23(13-18-10-11-22-24(18)2)20(25)16-8-6-15(7-9-16)14-26-19-5-3-4-17(21)12-19/h3-12H,13-14H2,1-2H3. The summed E-state index contributed by atoms with van der Waals surface area (Å²) in [5, 5.41) is 4.76. The third kappa shape index (κ3) is 4.43. The van der Waals surface area contributed by atoms with Crippen molar-refractivity contribution in [2.75, 3.05) is 7.05 Å². The van der Waals surface area contributed by atoms with Crippen LogP contribution < -0.4 is 4.74 Å². The third-order valence-corrected chi connectivity index (χ3v) is 4.31. The molecule has 0 atom stereocenters. The number of benzene rings is 2. The van der Waals surface area contributed by atoms with Gasteiger partial charge in [-0.3, -0.25) is 9.48 Å². The molecule has 0 saturated heterocycles. The molecule has 1 aromatic heterocycles. The lowest BCUT2D eigenvalue weighted by Crippen LogP contribution is -2.27. The number of ether oxygens (including phenoxy) is 1. The lowest BCUT2D eigenvalue weighted by Gasteiger charge is -2.17. The molecule has 0 radical (unpaired) electrons. The van der Waals surface area contributed by atoms with Crippen LogP contribution in [0.15, 0.2) is 60.8 Å². The summed E-state index contributed by atoms with van der Waals surface area (Å²) in [4.78, 5) is 14.2. The van der Waals surface area contributed by atoms with Crippen LogP contribution >= 0.6 is 11.6 Å². The molecule has 0 unspecified atom stereocenters. The van der Waals surface area contributed by atoms with E-state index in [2.05, 4.69) is 5.10 Å². The van der Waals surface area contributed by atoms with Crippen molar-refractivity contribution in [1.82, 2.24) is 14.7 Å². The second kappa shape index (κ2) is 8.06. The second-order valence-electron chi connectivity index (χ2n) is 6.05. The van der Waals surface area contributed by atoms with Crippen LogP contribution in [0.25, 0.3) is 0 Å². The van der Waals surface area contributed by atoms with Crippen LogP contribution in [0.1, 0.15) is 21.6 Å². The van der Waals surface area contributed by atoms with E-state index in [4.69, 9.17) is 16.3 Å². The quantitative estimate of drug-likeness (QED) is 0.661. The van der Waals surface area contributed by atoms with Gasteiger partial charge in [0.05, 0.1) is 12.2 Å². The van der Waals surface area contributed by atoms with Crippen LogP contribution in [-0.2, 0) is 20.2 Å². The number of hydrogen-bond acceptors (Lipinski definition) is 3. The molecule has 1 heterocycles. The van der Waals surface area contributed by atoms with Crippen molar-refractivity contribution in [2.24, 2.45) is 7.05 Å². The Hall–Kier alpha value is -2.79. The Balaban J connectivity index is 1.59. The molecule has 0 N–H and O–H groups in total. The molecular weight excluding hydrogens is 350 g/mol. The summed E-state index contributed by atoms with van der Waals surface area (Å²) in [6.07, 6.45) is 1.72. The first-order chi connectivity index (χ1) is 12.5. The van der Waals surface area contributed by atoms with Crippen LogP contribution in [0.4, 0.5) is 0 Å². The van der Waals surface area contributed by atoms with Gasteiger partial charge in [-0.15, -0.1) is 0 Å². The zero-order chi connectivity index (χ0) is 18.5. The molecule has 134 valence electrons. The molecule has 6 heteroatoms. The van der Waals surface area contributed by atoms with E-state index in [1.807, 2.05) is 49.5 Å². The van der Waals surface area contributed by atoms with Crippen LogP contribution in [0, 0.1) is 0 Å². The second-order valence-corrected chi connectivity index (χ2v) is 6.49. The Morgan fingerprint density at radius 2 is 1.96 bits per heavy atom. The summed E-state index contributed by atoms with van der Waals surface area (Å²) in [6, 6.07) is 16.6. The van der Waals surface area contributed by atoms with E-state index in [-0.39, 0.29) is 5.91 Å². The van der Waals surface area contributed by atoms with E-state index in [1.165, 1.54) is 0 Å². The maximum Gasteiger partial charge on any atom is 0.253 e. The van der Waals surface area contributed by atoms with Gasteiger partial charge in [0.2, 0.25) is 0 Å². The van der Waals surface area contributed by atoms with E-state index in [0.29, 0.717) is 29.5 Å². The van der Waals surface area contributed by atoms with Crippen molar-refractivity contribution in [3.8, 4) is 5.75 Å². The summed E-state index contributed by atoms with van der Waals surface area (Å²) in [5.41, 5.74) is 2.60. The van der Waals surface area contributed by atoms with E-state index in [9.17, 15) is 4.79 Å². The maximum absolute atomic E-state index is 12.6. The van der Waals surface area contributed by atoms with Crippen LogP contribution in [0.5, 0.6) is 5.75 Å². The Bertz CT molecular complexity index is 890. The van der Waals surface area contributed by atoms with Gasteiger partial charge < -0.3 is 9.64 Å². The molecule has 0 aliphatic carbocycles. The molecule has 0 saturated carbocycles. The van der Waals surface area contributed by atoms with Crippen molar-refractivity contribution < 1.29 is 9.53 Å². The average Bonchev–Trinajstić information content (AvgIpc) is 3.04. The zero-order valence-electron chi connectivity index (χ0n) is 14.7. The Morgan fingerprint density at radius 1 is 1.19 bits per heavy atom. The summed E-state index contributed by atoms with van der Waals surface area (Å²) < 4.78 is 7.48. The van der Waals surface area contributed by atoms with E-state index < -0.39 is 0 Å². The van der Waals surface area contributed by atoms with Crippen molar-refractivity contribution in [1.29, 1.82) is 0 Å². The highest BCUT2D eigenvalue weighted by Crippen LogP contribution is 2.18. The summed E-state index contributed by atoms with van der Waals surface area (Å²) in [6.45, 7) is 0.925. The Kier molecular flexibility index (Phi) is 5.58. The highest BCUT2D eigenvalue weighted by Gasteiger charge is 2.13. The highest BCUT2D eigenvalue weighted by molar-refractivity contribution is 6.30. The van der Waals surface area contributed by atoms with Gasteiger partial charge in [0.1, 0.15) is 12.4 Å². The first-order valence-corrected chi connectivity index (χ1v) is 8.60. The van der Waals surface area contributed by atoms with Crippen molar-refractivity contribution in [3.63, 3.8) is 0 Å². The topological polar surface area (TPSA) is 47.4 Å². The molecule has 3 rings (SSSR count). The van der Waals surface area contributed by atoms with E-state index in [0.717, 1.165) is 11.3 Å². The summed E-state index contributed by atoms with van der Waals surface area (Å²) in [7, 11) is 3.65. The highest BCUT2D eigenvalue weighted by atomic mass is 35.5. The first kappa shape index (κ1) is 18.0. The van der Waals surface area contributed by atoms with Gasteiger partial charge in [0.25, 0.3) is 5.91 Å². The van der Waals surface area contributed by atoms with Gasteiger partial charge in [0.15, 0.2) is 0 Å². The van der Waals surface area contributed by atoms with Gasteiger partial charge in [-0.2, -0.15) is 5.10 Å². The average molecular weight is 370 g/mol. The predicted octanol–water partition coefficient (Wildman–Crippen LogP) is 3.92. The predicted molar refractivity (Wildman–Crippen MR) is 101 cm³/mol. The molecule has 0 spiro atoms. The number of aryl methyl sites for hydroxylation is 1. The molecule has 3 aromatic rings. The number of carbonyl (C=O) groups excluding carboxylic acids is 1. The number of hydrogen-bond donors (Lipinski definition) is 0. The number of amides is 1. The monoisotopic (exact) mass is 369 g/mol. The smallest absolute Gasteiger partial charge is 0.253 e. The van der Waals surface area contributed by atoms with Crippen molar-refractivity contribution >= 4 is 17.5 Å². The molecule has 26 heavy (non-hydrogen) atoms. The molecule has 2 aromatic carbocycles. The molecule has 0 aliphatic heterocycles. The minimum absolute atomic E-state index is 0.0338. The molecule has 0 aliphatic rings. The third-order valence-electron chi connectivity index (χ3n) is 4.07. The number of rotatable bonds is 6. The van der Waals surface area contributed by atoms with Crippen LogP contribution in [0.2, 0.25) is 5.02 Å². The molecule has 1 amide bonds. The van der Waals surface area contributed by atoms with Gasteiger partial charge in [0, 0.05) is 30.9 Å². The lowest BCUT2D eigenvalue weighted by molar-refractivity contribution is 0.0782. The molecular formula is C20H20ClN3O2. The zero-order valence-corrected chi connectivity index (χ0v) is 15.5. The first-order valence-electron chi connectivity index (χ1n) is 8.22.